The van der Waals surface area contributed by atoms with Gasteiger partial charge in [-0.25, -0.2) is 0 Å². The summed E-state index contributed by atoms with van der Waals surface area (Å²) < 4.78 is 69.1. The predicted octanol–water partition coefficient (Wildman–Crippen LogP) is 6.29. The van der Waals surface area contributed by atoms with Crippen LogP contribution in [0.25, 0.3) is 0 Å². The van der Waals surface area contributed by atoms with Gasteiger partial charge in [0.1, 0.15) is 9.79 Å². The molecule has 0 radical (unpaired) electrons. The standard InChI is InChI=1S/C32H30N2O8S2/c1-15-13-17(3)31(43(37,38)39)19(5)26(15)33-24-12-11-23-25(30(36)22-10-8-7-9-21(22)29(23)35)28(24)34-27-16(2)14-18(4)32(20(27)6)44(40,41)42/h7-14,33-34H,1-6H3,(H,37,38,39)(H,40,41,42). The second-order valence-electron chi connectivity index (χ2n) is 11.0. The van der Waals surface area contributed by atoms with Gasteiger partial charge in [0.05, 0.1) is 16.9 Å². The van der Waals surface area contributed by atoms with Crippen molar-refractivity contribution in [1.82, 2.24) is 0 Å². The van der Waals surface area contributed by atoms with Gasteiger partial charge in [-0.15, -0.1) is 0 Å². The first-order chi connectivity index (χ1) is 20.4. The smallest absolute Gasteiger partial charge is 0.295 e. The molecule has 10 nitrogen and oxygen atoms in total. The zero-order chi connectivity index (χ0) is 32.5. The number of anilines is 4. The Bertz CT molecular complexity index is 2170. The Morgan fingerprint density at radius 3 is 1.48 bits per heavy atom. The Morgan fingerprint density at radius 2 is 1.00 bits per heavy atom. The molecule has 0 saturated heterocycles. The summed E-state index contributed by atoms with van der Waals surface area (Å²) in [5.41, 5.74) is 3.97. The van der Waals surface area contributed by atoms with Crippen molar-refractivity contribution in [2.75, 3.05) is 10.6 Å². The summed E-state index contributed by atoms with van der Waals surface area (Å²) in [7, 11) is -9.21. The lowest BCUT2D eigenvalue weighted by molar-refractivity contribution is 0.0980. The summed E-state index contributed by atoms with van der Waals surface area (Å²) in [6, 6.07) is 12.7. The monoisotopic (exact) mass is 634 g/mol. The van der Waals surface area contributed by atoms with E-state index in [2.05, 4.69) is 10.6 Å². The number of ketones is 2. The molecule has 4 aromatic carbocycles. The summed E-state index contributed by atoms with van der Waals surface area (Å²) >= 11 is 0. The summed E-state index contributed by atoms with van der Waals surface area (Å²) in [6.07, 6.45) is 0. The van der Waals surface area contributed by atoms with Crippen LogP contribution in [0.1, 0.15) is 65.2 Å². The Kier molecular flexibility index (Phi) is 7.53. The Morgan fingerprint density at radius 1 is 0.545 bits per heavy atom. The molecule has 0 heterocycles. The molecule has 0 atom stereocenters. The molecule has 12 heteroatoms. The van der Waals surface area contributed by atoms with E-state index in [0.29, 0.717) is 27.9 Å². The van der Waals surface area contributed by atoms with Gasteiger partial charge in [-0.1, -0.05) is 36.4 Å². The highest BCUT2D eigenvalue weighted by atomic mass is 32.2. The zero-order valence-electron chi connectivity index (χ0n) is 24.8. The molecular formula is C32H30N2O8S2. The molecule has 0 unspecified atom stereocenters. The molecule has 4 aromatic rings. The van der Waals surface area contributed by atoms with Crippen LogP contribution in [0.3, 0.4) is 0 Å². The van der Waals surface area contributed by atoms with Gasteiger partial charge in [-0.2, -0.15) is 16.8 Å². The number of hydrogen-bond donors (Lipinski definition) is 4. The van der Waals surface area contributed by atoms with Crippen LogP contribution in [-0.4, -0.2) is 37.5 Å². The van der Waals surface area contributed by atoms with Crippen molar-refractivity contribution < 1.29 is 35.5 Å². The van der Waals surface area contributed by atoms with Crippen LogP contribution >= 0.6 is 0 Å². The topological polar surface area (TPSA) is 167 Å². The normalized spacial score (nSPS) is 13.0. The lowest BCUT2D eigenvalue weighted by Gasteiger charge is -2.26. The van der Waals surface area contributed by atoms with E-state index in [9.17, 15) is 35.5 Å². The van der Waals surface area contributed by atoms with Crippen molar-refractivity contribution >= 4 is 54.6 Å². The van der Waals surface area contributed by atoms with Crippen LogP contribution in [0.5, 0.6) is 0 Å². The molecule has 1 aliphatic carbocycles. The Hall–Kier alpha value is -4.36. The number of aryl methyl sites for hydroxylation is 4. The number of rotatable bonds is 6. The number of carbonyl (C=O) groups is 2. The first-order valence-electron chi connectivity index (χ1n) is 13.5. The second-order valence-corrected chi connectivity index (χ2v) is 13.7. The van der Waals surface area contributed by atoms with E-state index in [1.165, 1.54) is 19.9 Å². The molecule has 0 spiro atoms. The molecule has 0 aliphatic heterocycles. The SMILES string of the molecule is Cc1cc(C)c(S(=O)(=O)O)c(C)c1Nc1ccc2c(c1Nc1c(C)cc(C)c(S(=O)(=O)O)c1C)C(=O)c1ccccc1C2=O. The molecule has 0 bridgehead atoms. The highest BCUT2D eigenvalue weighted by Crippen LogP contribution is 2.43. The summed E-state index contributed by atoms with van der Waals surface area (Å²) in [5.74, 6) is -0.827. The van der Waals surface area contributed by atoms with Crippen LogP contribution in [-0.2, 0) is 20.2 Å². The van der Waals surface area contributed by atoms with Crippen molar-refractivity contribution in [3.8, 4) is 0 Å². The Labute approximate surface area is 255 Å². The lowest BCUT2D eigenvalue weighted by Crippen LogP contribution is -2.23. The molecule has 0 aromatic heterocycles. The molecule has 44 heavy (non-hydrogen) atoms. The van der Waals surface area contributed by atoms with Crippen LogP contribution in [0.4, 0.5) is 22.7 Å². The van der Waals surface area contributed by atoms with E-state index in [-0.39, 0.29) is 66.0 Å². The molecule has 5 rings (SSSR count). The van der Waals surface area contributed by atoms with Crippen molar-refractivity contribution in [2.45, 2.75) is 51.3 Å². The third kappa shape index (κ3) is 5.09. The number of benzene rings is 4. The van der Waals surface area contributed by atoms with Crippen LogP contribution in [0, 0.1) is 41.5 Å². The fourth-order valence-electron chi connectivity index (χ4n) is 6.19. The van der Waals surface area contributed by atoms with Gasteiger partial charge >= 0.3 is 0 Å². The third-order valence-corrected chi connectivity index (χ3v) is 10.2. The van der Waals surface area contributed by atoms with Gasteiger partial charge in [-0.05, 0) is 87.1 Å². The van der Waals surface area contributed by atoms with Gasteiger partial charge < -0.3 is 10.6 Å². The van der Waals surface area contributed by atoms with E-state index >= 15 is 0 Å². The van der Waals surface area contributed by atoms with E-state index < -0.39 is 26.0 Å². The second kappa shape index (κ2) is 10.7. The molecule has 0 fully saturated rings. The molecule has 4 N–H and O–H groups in total. The average molecular weight is 635 g/mol. The molecule has 1 aliphatic rings. The van der Waals surface area contributed by atoms with Crippen molar-refractivity contribution in [3.63, 3.8) is 0 Å². The van der Waals surface area contributed by atoms with E-state index in [0.717, 1.165) is 0 Å². The quantitative estimate of drug-likeness (QED) is 0.156. The van der Waals surface area contributed by atoms with Gasteiger partial charge in [0, 0.05) is 28.1 Å². The number of fused-ring (bicyclic) bond motifs is 2. The maximum Gasteiger partial charge on any atom is 0.295 e. The average Bonchev–Trinajstić information content (AvgIpc) is 2.90. The molecule has 0 saturated carbocycles. The number of carbonyl (C=O) groups excluding carboxylic acids is 2. The molecular weight excluding hydrogens is 604 g/mol. The van der Waals surface area contributed by atoms with Crippen molar-refractivity contribution in [3.05, 3.63) is 104 Å². The minimum absolute atomic E-state index is 0.0314. The first kappa shape index (κ1) is 31.1. The first-order valence-corrected chi connectivity index (χ1v) is 16.4. The fraction of sp³-hybridized carbons (Fsp3) is 0.188. The zero-order valence-corrected chi connectivity index (χ0v) is 26.4. The van der Waals surface area contributed by atoms with Gasteiger partial charge in [0.15, 0.2) is 11.6 Å². The van der Waals surface area contributed by atoms with Crippen LogP contribution < -0.4 is 10.6 Å². The van der Waals surface area contributed by atoms with Crippen molar-refractivity contribution in [2.24, 2.45) is 0 Å². The molecule has 228 valence electrons. The highest BCUT2D eigenvalue weighted by Gasteiger charge is 2.34. The summed E-state index contributed by atoms with van der Waals surface area (Å²) in [4.78, 5) is 27.0. The van der Waals surface area contributed by atoms with E-state index in [1.54, 1.807) is 70.2 Å². The minimum atomic E-state index is -4.62. The van der Waals surface area contributed by atoms with Crippen molar-refractivity contribution in [1.29, 1.82) is 0 Å². The van der Waals surface area contributed by atoms with Gasteiger partial charge in [0.2, 0.25) is 0 Å². The van der Waals surface area contributed by atoms with E-state index in [4.69, 9.17) is 0 Å². The number of nitrogens with one attached hydrogen (secondary N) is 2. The molecule has 0 amide bonds. The van der Waals surface area contributed by atoms with Crippen LogP contribution in [0.15, 0.2) is 58.3 Å². The lowest BCUT2D eigenvalue weighted by atomic mass is 9.82. The predicted molar refractivity (Wildman–Crippen MR) is 167 cm³/mol. The third-order valence-electron chi connectivity index (χ3n) is 7.92. The maximum absolute atomic E-state index is 14.0. The highest BCUT2D eigenvalue weighted by molar-refractivity contribution is 7.86. The Balaban J connectivity index is 1.82. The summed E-state index contributed by atoms with van der Waals surface area (Å²) in [5, 5.41) is 6.40. The largest absolute Gasteiger partial charge is 0.353 e. The minimum Gasteiger partial charge on any atom is -0.353 e. The summed E-state index contributed by atoms with van der Waals surface area (Å²) in [6.45, 7) is 9.65. The van der Waals surface area contributed by atoms with Gasteiger partial charge in [-0.3, -0.25) is 18.7 Å². The van der Waals surface area contributed by atoms with Gasteiger partial charge in [0.25, 0.3) is 20.2 Å². The maximum atomic E-state index is 14.0. The van der Waals surface area contributed by atoms with E-state index in [1.807, 2.05) is 0 Å². The fourth-order valence-corrected chi connectivity index (χ4v) is 8.10. The number of hydrogen-bond acceptors (Lipinski definition) is 8. The van der Waals surface area contributed by atoms with Crippen LogP contribution in [0.2, 0.25) is 0 Å².